The SMILES string of the molecule is NC(=O)[C@@H](Nc1cc2c3c(c1)nc(-c1cc4ccnn4cn1)n3CCCO2)C1CC1. The van der Waals surface area contributed by atoms with Crippen molar-refractivity contribution in [2.45, 2.75) is 31.8 Å². The summed E-state index contributed by atoms with van der Waals surface area (Å²) in [5.74, 6) is 1.54. The zero-order valence-electron chi connectivity index (χ0n) is 16.3. The van der Waals surface area contributed by atoms with Crippen molar-refractivity contribution in [3.63, 3.8) is 0 Å². The number of benzene rings is 1. The lowest BCUT2D eigenvalue weighted by molar-refractivity contribution is -0.119. The maximum absolute atomic E-state index is 11.9. The molecular weight excluding hydrogens is 382 g/mol. The lowest BCUT2D eigenvalue weighted by Crippen LogP contribution is -2.37. The maximum atomic E-state index is 11.9. The average molecular weight is 403 g/mol. The normalized spacial score (nSPS) is 16.9. The van der Waals surface area contributed by atoms with Crippen LogP contribution < -0.4 is 15.8 Å². The Labute approximate surface area is 171 Å². The van der Waals surface area contributed by atoms with Gasteiger partial charge in [0.25, 0.3) is 0 Å². The van der Waals surface area contributed by atoms with Crippen LogP contribution in [-0.4, -0.2) is 42.7 Å². The molecule has 1 aliphatic heterocycles. The number of aryl methyl sites for hydroxylation is 1. The Morgan fingerprint density at radius 2 is 2.20 bits per heavy atom. The van der Waals surface area contributed by atoms with Gasteiger partial charge >= 0.3 is 0 Å². The summed E-state index contributed by atoms with van der Waals surface area (Å²) in [5.41, 5.74) is 9.92. The topological polar surface area (TPSA) is 112 Å². The number of rotatable bonds is 5. The van der Waals surface area contributed by atoms with E-state index in [-0.39, 0.29) is 11.9 Å². The van der Waals surface area contributed by atoms with E-state index in [4.69, 9.17) is 15.5 Å². The summed E-state index contributed by atoms with van der Waals surface area (Å²) in [7, 11) is 0. The predicted molar refractivity (Wildman–Crippen MR) is 111 cm³/mol. The highest BCUT2D eigenvalue weighted by atomic mass is 16.5. The molecule has 0 saturated heterocycles. The molecule has 6 rings (SSSR count). The number of nitrogens with two attached hydrogens (primary N) is 1. The van der Waals surface area contributed by atoms with Crippen molar-refractivity contribution in [2.24, 2.45) is 11.7 Å². The minimum atomic E-state index is -0.368. The molecule has 4 aromatic rings. The first-order chi connectivity index (χ1) is 14.7. The minimum Gasteiger partial charge on any atom is -0.491 e. The zero-order valence-corrected chi connectivity index (χ0v) is 16.3. The first-order valence-electron chi connectivity index (χ1n) is 10.2. The van der Waals surface area contributed by atoms with Gasteiger partial charge < -0.3 is 20.4 Å². The van der Waals surface area contributed by atoms with Crippen molar-refractivity contribution in [1.82, 2.24) is 24.1 Å². The fourth-order valence-electron chi connectivity index (χ4n) is 4.22. The highest BCUT2D eigenvalue weighted by Gasteiger charge is 2.35. The highest BCUT2D eigenvalue weighted by Crippen LogP contribution is 2.38. The van der Waals surface area contributed by atoms with E-state index in [0.29, 0.717) is 12.5 Å². The van der Waals surface area contributed by atoms with Crippen molar-refractivity contribution < 1.29 is 9.53 Å². The van der Waals surface area contributed by atoms with E-state index in [2.05, 4.69) is 20.0 Å². The van der Waals surface area contributed by atoms with Gasteiger partial charge in [0.2, 0.25) is 5.91 Å². The molecular formula is C21H21N7O2. The summed E-state index contributed by atoms with van der Waals surface area (Å²) < 4.78 is 9.93. The summed E-state index contributed by atoms with van der Waals surface area (Å²) in [4.78, 5) is 21.3. The number of carbonyl (C=O) groups is 1. The van der Waals surface area contributed by atoms with Crippen LogP contribution in [0.4, 0.5) is 5.69 Å². The van der Waals surface area contributed by atoms with E-state index in [9.17, 15) is 4.79 Å². The van der Waals surface area contributed by atoms with Crippen LogP contribution in [0.15, 0.2) is 36.8 Å². The lowest BCUT2D eigenvalue weighted by atomic mass is 10.1. The second kappa shape index (κ2) is 6.45. The van der Waals surface area contributed by atoms with Gasteiger partial charge in [-0.05, 0) is 43.4 Å². The molecule has 2 aliphatic rings. The quantitative estimate of drug-likeness (QED) is 0.528. The Morgan fingerprint density at radius 1 is 1.30 bits per heavy atom. The fraction of sp³-hybridized carbons (Fsp3) is 0.333. The number of nitrogens with one attached hydrogen (secondary N) is 1. The Balaban J connectivity index is 1.48. The Kier molecular flexibility index (Phi) is 3.71. The Bertz CT molecular complexity index is 1290. The summed E-state index contributed by atoms with van der Waals surface area (Å²) >= 11 is 0. The van der Waals surface area contributed by atoms with Crippen LogP contribution in [-0.2, 0) is 11.3 Å². The van der Waals surface area contributed by atoms with Gasteiger partial charge in [-0.3, -0.25) is 4.79 Å². The van der Waals surface area contributed by atoms with Gasteiger partial charge in [0, 0.05) is 18.3 Å². The van der Waals surface area contributed by atoms with Gasteiger partial charge in [0.05, 0.1) is 23.8 Å². The number of primary amides is 1. The van der Waals surface area contributed by atoms with Gasteiger partial charge in [-0.1, -0.05) is 0 Å². The largest absolute Gasteiger partial charge is 0.491 e. The summed E-state index contributed by atoms with van der Waals surface area (Å²) in [6, 6.07) is 7.46. The number of hydrogen-bond donors (Lipinski definition) is 2. The highest BCUT2D eigenvalue weighted by molar-refractivity contribution is 5.91. The molecule has 4 heterocycles. The molecule has 9 heteroatoms. The number of aromatic nitrogens is 5. The molecule has 1 amide bonds. The number of fused-ring (bicyclic) bond motifs is 1. The maximum Gasteiger partial charge on any atom is 0.240 e. The van der Waals surface area contributed by atoms with Crippen molar-refractivity contribution in [1.29, 1.82) is 0 Å². The fourth-order valence-corrected chi connectivity index (χ4v) is 4.22. The van der Waals surface area contributed by atoms with Crippen LogP contribution in [0.3, 0.4) is 0 Å². The third kappa shape index (κ3) is 2.77. The molecule has 1 fully saturated rings. The number of anilines is 1. The lowest BCUT2D eigenvalue weighted by Gasteiger charge is -2.17. The molecule has 1 saturated carbocycles. The second-order valence-electron chi connectivity index (χ2n) is 7.97. The Morgan fingerprint density at radius 3 is 3.03 bits per heavy atom. The molecule has 152 valence electrons. The first kappa shape index (κ1) is 17.3. The van der Waals surface area contributed by atoms with Crippen LogP contribution in [0.5, 0.6) is 5.75 Å². The van der Waals surface area contributed by atoms with Crippen molar-refractivity contribution in [2.75, 3.05) is 11.9 Å². The number of nitrogens with zero attached hydrogens (tertiary/aromatic N) is 5. The molecule has 0 radical (unpaired) electrons. The van der Waals surface area contributed by atoms with E-state index >= 15 is 0 Å². The molecule has 0 unspecified atom stereocenters. The monoisotopic (exact) mass is 403 g/mol. The molecule has 1 aromatic carbocycles. The number of amides is 1. The molecule has 30 heavy (non-hydrogen) atoms. The number of carbonyl (C=O) groups excluding carboxylic acids is 1. The molecule has 9 nitrogen and oxygen atoms in total. The van der Waals surface area contributed by atoms with E-state index in [1.807, 2.05) is 24.3 Å². The van der Waals surface area contributed by atoms with Gasteiger partial charge in [0.1, 0.15) is 29.3 Å². The van der Waals surface area contributed by atoms with E-state index in [1.165, 1.54) is 0 Å². The summed E-state index contributed by atoms with van der Waals surface area (Å²) in [6.07, 6.45) is 6.36. The molecule has 0 spiro atoms. The van der Waals surface area contributed by atoms with Gasteiger partial charge in [-0.15, -0.1) is 0 Å². The van der Waals surface area contributed by atoms with Crippen LogP contribution >= 0.6 is 0 Å². The molecule has 0 bridgehead atoms. The summed E-state index contributed by atoms with van der Waals surface area (Å²) in [5, 5.41) is 7.52. The van der Waals surface area contributed by atoms with Crippen LogP contribution in [0, 0.1) is 5.92 Å². The number of hydrogen-bond acceptors (Lipinski definition) is 6. The third-order valence-corrected chi connectivity index (χ3v) is 5.83. The second-order valence-corrected chi connectivity index (χ2v) is 7.97. The number of ether oxygens (including phenoxy) is 1. The van der Waals surface area contributed by atoms with Crippen molar-refractivity contribution in [3.8, 4) is 17.3 Å². The van der Waals surface area contributed by atoms with E-state index < -0.39 is 0 Å². The van der Waals surface area contributed by atoms with Gasteiger partial charge in [-0.25, -0.2) is 14.5 Å². The Hall–Kier alpha value is -3.62. The van der Waals surface area contributed by atoms with Gasteiger partial charge in [0.15, 0.2) is 5.82 Å². The first-order valence-corrected chi connectivity index (χ1v) is 10.2. The standard InChI is InChI=1S/C21H21N7O2/c22-20(29)18(12-2-3-12)25-13-8-15-19-17(9-13)30-7-1-6-27(19)21(26-15)16-10-14-4-5-24-28(14)11-23-16/h4-5,8-12,18,25H,1-3,6-7H2,(H2,22,29)/t18-/m0/s1. The van der Waals surface area contributed by atoms with Crippen LogP contribution in [0.2, 0.25) is 0 Å². The molecule has 3 N–H and O–H groups in total. The molecule has 3 aromatic heterocycles. The van der Waals surface area contributed by atoms with Crippen LogP contribution in [0.1, 0.15) is 19.3 Å². The smallest absolute Gasteiger partial charge is 0.240 e. The van der Waals surface area contributed by atoms with Crippen molar-refractivity contribution >= 4 is 28.1 Å². The van der Waals surface area contributed by atoms with E-state index in [1.54, 1.807) is 17.0 Å². The molecule has 1 atom stereocenters. The predicted octanol–water partition coefficient (Wildman–Crippen LogP) is 2.20. The molecule has 1 aliphatic carbocycles. The van der Waals surface area contributed by atoms with Crippen molar-refractivity contribution in [3.05, 3.63) is 36.8 Å². The van der Waals surface area contributed by atoms with Gasteiger partial charge in [-0.2, -0.15) is 5.10 Å². The average Bonchev–Trinajstić information content (AvgIpc) is 3.40. The minimum absolute atomic E-state index is 0.304. The number of imidazole rings is 1. The zero-order chi connectivity index (χ0) is 20.2. The van der Waals surface area contributed by atoms with Crippen LogP contribution in [0.25, 0.3) is 28.1 Å². The summed E-state index contributed by atoms with van der Waals surface area (Å²) in [6.45, 7) is 1.42. The third-order valence-electron chi connectivity index (χ3n) is 5.83. The van der Waals surface area contributed by atoms with E-state index in [0.717, 1.165) is 65.3 Å².